The van der Waals surface area contributed by atoms with E-state index in [1.807, 2.05) is 20.8 Å². The van der Waals surface area contributed by atoms with E-state index in [0.717, 1.165) is 5.56 Å². The maximum Gasteiger partial charge on any atom is 0.308 e. The number of carbonyl (C=O) groups excluding carboxylic acids is 1. The first-order valence-corrected chi connectivity index (χ1v) is 4.79. The lowest BCUT2D eigenvalue weighted by Crippen LogP contribution is -2.15. The fraction of sp³-hybridized carbons (Fsp3) is 0.417. The normalized spacial score (nSPS) is 11.3. The molecule has 0 saturated carbocycles. The highest BCUT2D eigenvalue weighted by Crippen LogP contribution is 2.31. The predicted octanol–water partition coefficient (Wildman–Crippen LogP) is 3.05. The minimum Gasteiger partial charge on any atom is -0.426 e. The van der Waals surface area contributed by atoms with Crippen LogP contribution in [0.15, 0.2) is 18.2 Å². The molecule has 0 radical (unpaired) electrons. The van der Waals surface area contributed by atoms with Gasteiger partial charge in [0.2, 0.25) is 0 Å². The summed E-state index contributed by atoms with van der Waals surface area (Å²) in [5.41, 5.74) is 0.637. The van der Waals surface area contributed by atoms with Crippen molar-refractivity contribution in [2.45, 2.75) is 33.1 Å². The van der Waals surface area contributed by atoms with Gasteiger partial charge in [0, 0.05) is 18.6 Å². The molecule has 0 aliphatic heterocycles. The largest absolute Gasteiger partial charge is 0.426 e. The van der Waals surface area contributed by atoms with E-state index >= 15 is 0 Å². The molecule has 0 spiro atoms. The number of hydrogen-bond acceptors (Lipinski definition) is 2. The van der Waals surface area contributed by atoms with Crippen LogP contribution in [0.3, 0.4) is 0 Å². The zero-order chi connectivity index (χ0) is 11.6. The number of carbonyl (C=O) groups is 1. The number of esters is 1. The lowest BCUT2D eigenvalue weighted by molar-refractivity contribution is -0.131. The Hall–Kier alpha value is -1.38. The molecule has 0 unspecified atom stereocenters. The highest BCUT2D eigenvalue weighted by atomic mass is 19.1. The standard InChI is InChI=1S/C12H15FO2/c1-8(14)15-11-7-9(13)5-6-10(11)12(2,3)4/h5-7H,1-4H3. The lowest BCUT2D eigenvalue weighted by Gasteiger charge is -2.21. The topological polar surface area (TPSA) is 26.3 Å². The van der Waals surface area contributed by atoms with E-state index in [0.29, 0.717) is 5.75 Å². The summed E-state index contributed by atoms with van der Waals surface area (Å²) >= 11 is 0. The molecule has 0 saturated heterocycles. The highest BCUT2D eigenvalue weighted by Gasteiger charge is 2.20. The van der Waals surface area contributed by atoms with E-state index < -0.39 is 11.8 Å². The maximum absolute atomic E-state index is 13.0. The molecule has 0 aliphatic rings. The van der Waals surface area contributed by atoms with Gasteiger partial charge in [0.25, 0.3) is 0 Å². The molecule has 1 aromatic carbocycles. The minimum absolute atomic E-state index is 0.182. The zero-order valence-corrected chi connectivity index (χ0v) is 9.43. The van der Waals surface area contributed by atoms with Gasteiger partial charge in [-0.2, -0.15) is 0 Å². The first-order valence-electron chi connectivity index (χ1n) is 4.79. The Labute approximate surface area is 89.1 Å². The van der Waals surface area contributed by atoms with Crippen LogP contribution in [-0.2, 0) is 10.2 Å². The number of halogens is 1. The second-order valence-electron chi connectivity index (χ2n) is 4.48. The Morgan fingerprint density at radius 3 is 2.40 bits per heavy atom. The van der Waals surface area contributed by atoms with Crippen molar-refractivity contribution in [2.24, 2.45) is 0 Å². The van der Waals surface area contributed by atoms with Gasteiger partial charge in [-0.15, -0.1) is 0 Å². The van der Waals surface area contributed by atoms with Gasteiger partial charge < -0.3 is 4.74 Å². The van der Waals surface area contributed by atoms with Crippen molar-refractivity contribution in [3.05, 3.63) is 29.6 Å². The Morgan fingerprint density at radius 1 is 1.33 bits per heavy atom. The number of ether oxygens (including phenoxy) is 1. The van der Waals surface area contributed by atoms with Crippen molar-refractivity contribution < 1.29 is 13.9 Å². The number of benzene rings is 1. The third-order valence-electron chi connectivity index (χ3n) is 2.01. The zero-order valence-electron chi connectivity index (χ0n) is 9.43. The van der Waals surface area contributed by atoms with E-state index in [4.69, 9.17) is 4.74 Å². The van der Waals surface area contributed by atoms with Crippen LogP contribution in [0.25, 0.3) is 0 Å². The van der Waals surface area contributed by atoms with Crippen LogP contribution < -0.4 is 4.74 Å². The molecule has 0 fully saturated rings. The third kappa shape index (κ3) is 3.05. The SMILES string of the molecule is CC(=O)Oc1cc(F)ccc1C(C)(C)C. The molecule has 0 heterocycles. The molecule has 0 N–H and O–H groups in total. The van der Waals surface area contributed by atoms with Gasteiger partial charge in [-0.1, -0.05) is 26.8 Å². The lowest BCUT2D eigenvalue weighted by atomic mass is 9.86. The molecule has 15 heavy (non-hydrogen) atoms. The van der Waals surface area contributed by atoms with E-state index in [-0.39, 0.29) is 5.41 Å². The summed E-state index contributed by atoms with van der Waals surface area (Å²) in [6, 6.07) is 4.25. The van der Waals surface area contributed by atoms with Crippen molar-refractivity contribution >= 4 is 5.97 Å². The summed E-state index contributed by atoms with van der Waals surface area (Å²) in [6.07, 6.45) is 0. The van der Waals surface area contributed by atoms with Gasteiger partial charge in [-0.3, -0.25) is 4.79 Å². The van der Waals surface area contributed by atoms with Crippen LogP contribution in [0.5, 0.6) is 5.75 Å². The van der Waals surface area contributed by atoms with Gasteiger partial charge in [0.15, 0.2) is 0 Å². The molecule has 2 nitrogen and oxygen atoms in total. The molecule has 0 aliphatic carbocycles. The Morgan fingerprint density at radius 2 is 1.93 bits per heavy atom. The van der Waals surface area contributed by atoms with Crippen LogP contribution in [0, 0.1) is 5.82 Å². The molecular formula is C12H15FO2. The highest BCUT2D eigenvalue weighted by molar-refractivity contribution is 5.70. The Balaban J connectivity index is 3.20. The number of rotatable bonds is 1. The van der Waals surface area contributed by atoms with Gasteiger partial charge in [0.05, 0.1) is 0 Å². The van der Waals surface area contributed by atoms with E-state index in [9.17, 15) is 9.18 Å². The van der Waals surface area contributed by atoms with E-state index in [1.54, 1.807) is 6.07 Å². The fourth-order valence-electron chi connectivity index (χ4n) is 1.36. The van der Waals surface area contributed by atoms with E-state index in [2.05, 4.69) is 0 Å². The molecule has 82 valence electrons. The Kier molecular flexibility index (Phi) is 3.12. The summed E-state index contributed by atoms with van der Waals surface area (Å²) < 4.78 is 18.0. The number of hydrogen-bond donors (Lipinski definition) is 0. The van der Waals surface area contributed by atoms with E-state index in [1.165, 1.54) is 19.1 Å². The molecule has 3 heteroatoms. The summed E-state index contributed by atoms with van der Waals surface area (Å²) in [6.45, 7) is 7.24. The van der Waals surface area contributed by atoms with Gasteiger partial charge in [-0.25, -0.2) is 4.39 Å². The van der Waals surface area contributed by atoms with Crippen LogP contribution in [0.1, 0.15) is 33.3 Å². The summed E-state index contributed by atoms with van der Waals surface area (Å²) in [5, 5.41) is 0. The maximum atomic E-state index is 13.0. The van der Waals surface area contributed by atoms with Gasteiger partial charge >= 0.3 is 5.97 Å². The molecule has 0 bridgehead atoms. The van der Waals surface area contributed by atoms with Crippen LogP contribution in [0.2, 0.25) is 0 Å². The molecule has 1 aromatic rings. The molecular weight excluding hydrogens is 195 g/mol. The monoisotopic (exact) mass is 210 g/mol. The summed E-state index contributed by atoms with van der Waals surface area (Å²) in [7, 11) is 0. The van der Waals surface area contributed by atoms with Crippen LogP contribution in [0.4, 0.5) is 4.39 Å². The third-order valence-corrected chi connectivity index (χ3v) is 2.01. The summed E-state index contributed by atoms with van der Waals surface area (Å²) in [4.78, 5) is 10.9. The van der Waals surface area contributed by atoms with Crippen molar-refractivity contribution in [3.63, 3.8) is 0 Å². The molecule has 0 aromatic heterocycles. The molecule has 1 rings (SSSR count). The van der Waals surface area contributed by atoms with Crippen molar-refractivity contribution in [1.82, 2.24) is 0 Å². The molecule has 0 amide bonds. The minimum atomic E-state index is -0.439. The first kappa shape index (κ1) is 11.7. The summed E-state index contributed by atoms with van der Waals surface area (Å²) in [5.74, 6) is -0.541. The fourth-order valence-corrected chi connectivity index (χ4v) is 1.36. The molecule has 0 atom stereocenters. The van der Waals surface area contributed by atoms with Crippen molar-refractivity contribution in [3.8, 4) is 5.75 Å². The Bertz CT molecular complexity index is 378. The van der Waals surface area contributed by atoms with Crippen LogP contribution in [-0.4, -0.2) is 5.97 Å². The average Bonchev–Trinajstić information content (AvgIpc) is 1.99. The quantitative estimate of drug-likeness (QED) is 0.526. The predicted molar refractivity (Wildman–Crippen MR) is 56.4 cm³/mol. The second kappa shape index (κ2) is 4.01. The van der Waals surface area contributed by atoms with Crippen molar-refractivity contribution in [1.29, 1.82) is 0 Å². The van der Waals surface area contributed by atoms with Crippen molar-refractivity contribution in [2.75, 3.05) is 0 Å². The average molecular weight is 210 g/mol. The first-order chi connectivity index (χ1) is 6.80. The second-order valence-corrected chi connectivity index (χ2v) is 4.48. The van der Waals surface area contributed by atoms with Gasteiger partial charge in [-0.05, 0) is 11.5 Å². The smallest absolute Gasteiger partial charge is 0.308 e. The van der Waals surface area contributed by atoms with Crippen LogP contribution >= 0.6 is 0 Å². The van der Waals surface area contributed by atoms with Gasteiger partial charge in [0.1, 0.15) is 11.6 Å².